The topological polar surface area (TPSA) is 77.8 Å². The van der Waals surface area contributed by atoms with Crippen LogP contribution in [0.1, 0.15) is 36.2 Å². The highest BCUT2D eigenvalue weighted by Crippen LogP contribution is 2.10. The minimum atomic E-state index is -0.946. The molecule has 2 N–H and O–H groups in total. The van der Waals surface area contributed by atoms with Gasteiger partial charge in [0, 0.05) is 19.1 Å². The van der Waals surface area contributed by atoms with Gasteiger partial charge >= 0.3 is 11.9 Å². The van der Waals surface area contributed by atoms with Gasteiger partial charge < -0.3 is 10.2 Å². The van der Waals surface area contributed by atoms with E-state index >= 15 is 0 Å². The predicted molar refractivity (Wildman–Crippen MR) is 71.2 cm³/mol. The molecule has 1 rings (SSSR count). The van der Waals surface area contributed by atoms with E-state index in [9.17, 15) is 9.59 Å². The fourth-order valence-corrected chi connectivity index (χ4v) is 1.75. The van der Waals surface area contributed by atoms with Crippen LogP contribution in [0.25, 0.3) is 0 Å². The number of nitrogens with zero attached hydrogens (tertiary/aromatic N) is 1. The van der Waals surface area contributed by atoms with Crippen molar-refractivity contribution >= 4 is 11.9 Å². The lowest BCUT2D eigenvalue weighted by Gasteiger charge is -2.25. The molecule has 1 aromatic carbocycles. The van der Waals surface area contributed by atoms with Gasteiger partial charge in [0.25, 0.3) is 0 Å². The van der Waals surface area contributed by atoms with Gasteiger partial charge in [-0.15, -0.1) is 0 Å². The fourth-order valence-electron chi connectivity index (χ4n) is 1.75. The first-order valence-corrected chi connectivity index (χ1v) is 6.18. The Labute approximate surface area is 112 Å². The lowest BCUT2D eigenvalue weighted by molar-refractivity contribution is -0.137. The number of hydrogen-bond donors (Lipinski definition) is 2. The van der Waals surface area contributed by atoms with Gasteiger partial charge in [0.2, 0.25) is 0 Å². The molecule has 0 spiro atoms. The average Bonchev–Trinajstić information content (AvgIpc) is 2.34. The Hall–Kier alpha value is -1.88. The number of rotatable bonds is 7. The summed E-state index contributed by atoms with van der Waals surface area (Å²) in [5.74, 6) is -1.76. The van der Waals surface area contributed by atoms with Crippen molar-refractivity contribution in [2.24, 2.45) is 0 Å². The van der Waals surface area contributed by atoms with E-state index in [2.05, 4.69) is 0 Å². The number of hydrogen-bond acceptors (Lipinski definition) is 3. The average molecular weight is 265 g/mol. The maximum atomic E-state index is 10.7. The number of benzene rings is 1. The largest absolute Gasteiger partial charge is 0.481 e. The normalized spacial score (nSPS) is 10.9. The summed E-state index contributed by atoms with van der Waals surface area (Å²) >= 11 is 0. The van der Waals surface area contributed by atoms with Crippen molar-refractivity contribution in [1.82, 2.24) is 4.90 Å². The van der Waals surface area contributed by atoms with Crippen LogP contribution >= 0.6 is 0 Å². The second-order valence-electron chi connectivity index (χ2n) is 4.71. The van der Waals surface area contributed by atoms with Crippen LogP contribution in [-0.4, -0.2) is 39.6 Å². The molecule has 0 aliphatic heterocycles. The van der Waals surface area contributed by atoms with Gasteiger partial charge in [-0.05, 0) is 31.5 Å². The fraction of sp³-hybridized carbons (Fsp3) is 0.429. The first-order valence-electron chi connectivity index (χ1n) is 6.18. The summed E-state index contributed by atoms with van der Waals surface area (Å²) in [6.07, 6.45) is 0.103. The van der Waals surface area contributed by atoms with Gasteiger partial charge in [0.05, 0.1) is 12.0 Å². The molecular weight excluding hydrogens is 246 g/mol. The second kappa shape index (κ2) is 6.89. The molecule has 0 radical (unpaired) electrons. The molecule has 0 unspecified atom stereocenters. The standard InChI is InChI=1S/C14H19NO4/c1-10(2)15(8-7-13(16)17)9-11-3-5-12(6-4-11)14(18)19/h3-6,10H,7-9H2,1-2H3,(H,16,17)(H,18,19). The molecule has 5 heteroatoms. The molecule has 19 heavy (non-hydrogen) atoms. The highest BCUT2D eigenvalue weighted by Gasteiger charge is 2.12. The number of aliphatic carboxylic acids is 1. The van der Waals surface area contributed by atoms with E-state index in [0.717, 1.165) is 5.56 Å². The molecule has 5 nitrogen and oxygen atoms in total. The summed E-state index contributed by atoms with van der Waals surface area (Å²) in [6, 6.07) is 6.89. The maximum absolute atomic E-state index is 10.7. The van der Waals surface area contributed by atoms with Crippen molar-refractivity contribution in [3.63, 3.8) is 0 Å². The predicted octanol–water partition coefficient (Wildman–Crippen LogP) is 2.07. The van der Waals surface area contributed by atoms with E-state index in [4.69, 9.17) is 10.2 Å². The first-order chi connectivity index (χ1) is 8.90. The summed E-state index contributed by atoms with van der Waals surface area (Å²) in [7, 11) is 0. The number of carbonyl (C=O) groups is 2. The molecule has 0 amide bonds. The van der Waals surface area contributed by atoms with E-state index in [1.165, 1.54) is 0 Å². The van der Waals surface area contributed by atoms with Gasteiger partial charge in [-0.1, -0.05) is 12.1 Å². The zero-order valence-electron chi connectivity index (χ0n) is 11.2. The molecule has 0 heterocycles. The van der Waals surface area contributed by atoms with Gasteiger partial charge in [0.15, 0.2) is 0 Å². The lowest BCUT2D eigenvalue weighted by atomic mass is 10.1. The molecule has 0 bridgehead atoms. The summed E-state index contributed by atoms with van der Waals surface area (Å²) in [5, 5.41) is 17.5. The second-order valence-corrected chi connectivity index (χ2v) is 4.71. The Morgan fingerprint density at radius 1 is 1.16 bits per heavy atom. The summed E-state index contributed by atoms with van der Waals surface area (Å²) in [5.41, 5.74) is 1.23. The molecule has 1 aromatic rings. The van der Waals surface area contributed by atoms with E-state index in [1.807, 2.05) is 18.7 Å². The molecule has 0 saturated heterocycles. The molecule has 0 aliphatic carbocycles. The van der Waals surface area contributed by atoms with Crippen LogP contribution in [0.2, 0.25) is 0 Å². The molecule has 0 aromatic heterocycles. The Kier molecular flexibility index (Phi) is 5.51. The zero-order valence-corrected chi connectivity index (χ0v) is 11.2. The van der Waals surface area contributed by atoms with Crippen molar-refractivity contribution in [3.05, 3.63) is 35.4 Å². The minimum Gasteiger partial charge on any atom is -0.481 e. The quantitative estimate of drug-likeness (QED) is 0.789. The van der Waals surface area contributed by atoms with Crippen LogP contribution < -0.4 is 0 Å². The minimum absolute atomic E-state index is 0.103. The van der Waals surface area contributed by atoms with Crippen LogP contribution in [-0.2, 0) is 11.3 Å². The molecular formula is C14H19NO4. The van der Waals surface area contributed by atoms with Crippen LogP contribution in [0.4, 0.5) is 0 Å². The van der Waals surface area contributed by atoms with Crippen molar-refractivity contribution in [3.8, 4) is 0 Å². The highest BCUT2D eigenvalue weighted by molar-refractivity contribution is 5.87. The zero-order chi connectivity index (χ0) is 14.4. The Bertz CT molecular complexity index is 439. The van der Waals surface area contributed by atoms with Crippen LogP contribution in [0.5, 0.6) is 0 Å². The van der Waals surface area contributed by atoms with Crippen molar-refractivity contribution in [2.75, 3.05) is 6.54 Å². The smallest absolute Gasteiger partial charge is 0.335 e. The van der Waals surface area contributed by atoms with Crippen LogP contribution in [0.3, 0.4) is 0 Å². The van der Waals surface area contributed by atoms with Crippen LogP contribution in [0, 0.1) is 0 Å². The lowest BCUT2D eigenvalue weighted by Crippen LogP contribution is -2.32. The van der Waals surface area contributed by atoms with Crippen molar-refractivity contribution in [1.29, 1.82) is 0 Å². The summed E-state index contributed by atoms with van der Waals surface area (Å²) in [4.78, 5) is 23.4. The molecule has 0 atom stereocenters. The Morgan fingerprint density at radius 3 is 2.16 bits per heavy atom. The molecule has 104 valence electrons. The van der Waals surface area contributed by atoms with Crippen LogP contribution in [0.15, 0.2) is 24.3 Å². The molecule has 0 saturated carbocycles. The maximum Gasteiger partial charge on any atom is 0.335 e. The Balaban J connectivity index is 2.68. The van der Waals surface area contributed by atoms with Gasteiger partial charge in [-0.25, -0.2) is 4.79 Å². The third-order valence-electron chi connectivity index (χ3n) is 2.93. The summed E-state index contributed by atoms with van der Waals surface area (Å²) < 4.78 is 0. The van der Waals surface area contributed by atoms with Crippen molar-refractivity contribution < 1.29 is 19.8 Å². The van der Waals surface area contributed by atoms with E-state index < -0.39 is 11.9 Å². The third kappa shape index (κ3) is 5.09. The molecule has 0 fully saturated rings. The van der Waals surface area contributed by atoms with Gasteiger partial charge in [-0.3, -0.25) is 9.69 Å². The van der Waals surface area contributed by atoms with E-state index in [-0.39, 0.29) is 18.0 Å². The van der Waals surface area contributed by atoms with E-state index in [1.54, 1.807) is 24.3 Å². The third-order valence-corrected chi connectivity index (χ3v) is 2.93. The number of carboxylic acid groups (broad SMARTS) is 2. The van der Waals surface area contributed by atoms with E-state index in [0.29, 0.717) is 13.1 Å². The van der Waals surface area contributed by atoms with Crippen molar-refractivity contribution in [2.45, 2.75) is 32.9 Å². The SMILES string of the molecule is CC(C)N(CCC(=O)O)Cc1ccc(C(=O)O)cc1. The number of aromatic carboxylic acids is 1. The Morgan fingerprint density at radius 2 is 1.74 bits per heavy atom. The highest BCUT2D eigenvalue weighted by atomic mass is 16.4. The summed E-state index contributed by atoms with van der Waals surface area (Å²) in [6.45, 7) is 5.11. The monoisotopic (exact) mass is 265 g/mol. The number of carboxylic acids is 2. The first kappa shape index (κ1) is 15.2. The molecule has 0 aliphatic rings. The van der Waals surface area contributed by atoms with Gasteiger partial charge in [-0.2, -0.15) is 0 Å². The van der Waals surface area contributed by atoms with Gasteiger partial charge in [0.1, 0.15) is 0 Å².